The zero-order valence-corrected chi connectivity index (χ0v) is 18.1. The minimum Gasteiger partial charge on any atom is -0.492 e. The highest BCUT2D eigenvalue weighted by Crippen LogP contribution is 2.23. The van der Waals surface area contributed by atoms with E-state index >= 15 is 0 Å². The average molecular weight is 428 g/mol. The first kappa shape index (κ1) is 23.5. The second-order valence-corrected chi connectivity index (χ2v) is 7.35. The summed E-state index contributed by atoms with van der Waals surface area (Å²) in [5, 5.41) is 15.3. The number of nitrogens with one attached hydrogen (secondary N) is 2. The minimum atomic E-state index is 0.463. The van der Waals surface area contributed by atoms with E-state index in [1.165, 1.54) is 32.1 Å². The molecule has 1 aromatic carbocycles. The van der Waals surface area contributed by atoms with Crippen LogP contribution in [0.3, 0.4) is 0 Å². The van der Waals surface area contributed by atoms with Gasteiger partial charge in [-0.2, -0.15) is 5.26 Å². The number of unbranched alkanes of at least 4 members (excludes halogenated alkanes) is 7. The van der Waals surface area contributed by atoms with Gasteiger partial charge in [0, 0.05) is 12.7 Å². The highest BCUT2D eigenvalue weighted by molar-refractivity contribution is 6.32. The minimum absolute atomic E-state index is 0.463. The van der Waals surface area contributed by atoms with Gasteiger partial charge in [-0.25, -0.2) is 4.99 Å². The van der Waals surface area contributed by atoms with E-state index in [-0.39, 0.29) is 0 Å². The van der Waals surface area contributed by atoms with Crippen LogP contribution in [-0.4, -0.2) is 24.1 Å². The van der Waals surface area contributed by atoms with Gasteiger partial charge in [0.25, 0.3) is 0 Å². The van der Waals surface area contributed by atoms with Crippen LogP contribution in [-0.2, 0) is 0 Å². The van der Waals surface area contributed by atoms with Crippen molar-refractivity contribution in [2.45, 2.75) is 51.4 Å². The number of nitrogens with zero attached hydrogens (tertiary/aromatic N) is 3. The summed E-state index contributed by atoms with van der Waals surface area (Å²) in [6.07, 6.45) is 14.7. The van der Waals surface area contributed by atoms with Crippen LogP contribution < -0.4 is 15.4 Å². The fraction of sp³-hybridized carbons (Fsp3) is 0.435. The van der Waals surface area contributed by atoms with Crippen molar-refractivity contribution in [3.8, 4) is 11.9 Å². The predicted octanol–water partition coefficient (Wildman–Crippen LogP) is 5.58. The van der Waals surface area contributed by atoms with E-state index in [1.807, 2.05) is 42.6 Å². The highest BCUT2D eigenvalue weighted by Gasteiger charge is 2.00. The molecule has 0 saturated heterocycles. The van der Waals surface area contributed by atoms with E-state index < -0.39 is 0 Å². The molecular formula is C23H30ClN5O. The molecule has 2 rings (SSSR count). The van der Waals surface area contributed by atoms with Gasteiger partial charge in [0.15, 0.2) is 6.19 Å². The van der Waals surface area contributed by atoms with E-state index in [0.29, 0.717) is 16.7 Å². The van der Waals surface area contributed by atoms with Gasteiger partial charge in [-0.05, 0) is 37.1 Å². The second kappa shape index (κ2) is 15.1. The highest BCUT2D eigenvalue weighted by atomic mass is 35.5. The Bertz CT molecular complexity index is 792. The molecule has 0 spiro atoms. The quantitative estimate of drug-likeness (QED) is 0.143. The molecule has 0 aliphatic carbocycles. The lowest BCUT2D eigenvalue weighted by Gasteiger charge is -2.08. The number of nitriles is 1. The largest absolute Gasteiger partial charge is 0.492 e. The van der Waals surface area contributed by atoms with Crippen molar-refractivity contribution in [2.24, 2.45) is 4.99 Å². The molecule has 2 aromatic rings. The van der Waals surface area contributed by atoms with Crippen molar-refractivity contribution < 1.29 is 4.74 Å². The summed E-state index contributed by atoms with van der Waals surface area (Å²) in [5.74, 6) is 1.23. The van der Waals surface area contributed by atoms with E-state index in [1.54, 1.807) is 12.4 Å². The number of ether oxygens (including phenoxy) is 1. The molecule has 0 saturated carbocycles. The lowest BCUT2D eigenvalue weighted by molar-refractivity contribution is 0.304. The molecule has 0 bridgehead atoms. The first-order chi connectivity index (χ1) is 14.8. The molecule has 0 amide bonds. The molecule has 30 heavy (non-hydrogen) atoms. The number of hydrogen-bond donors (Lipinski definition) is 2. The number of aromatic nitrogens is 1. The number of para-hydroxylation sites is 1. The summed E-state index contributed by atoms with van der Waals surface area (Å²) in [5.41, 5.74) is 0.708. The number of halogens is 1. The van der Waals surface area contributed by atoms with Crippen molar-refractivity contribution in [3.05, 3.63) is 53.8 Å². The van der Waals surface area contributed by atoms with E-state index in [2.05, 4.69) is 20.6 Å². The average Bonchev–Trinajstić information content (AvgIpc) is 2.76. The maximum Gasteiger partial charge on any atom is 0.209 e. The third-order valence-electron chi connectivity index (χ3n) is 4.52. The van der Waals surface area contributed by atoms with Crippen molar-refractivity contribution in [2.75, 3.05) is 13.2 Å². The van der Waals surface area contributed by atoms with Gasteiger partial charge in [0.05, 0.1) is 23.5 Å². The summed E-state index contributed by atoms with van der Waals surface area (Å²) >= 11 is 6.07. The van der Waals surface area contributed by atoms with Gasteiger partial charge in [-0.3, -0.25) is 10.3 Å². The molecule has 0 aliphatic rings. The molecule has 1 heterocycles. The van der Waals surface area contributed by atoms with E-state index in [4.69, 9.17) is 21.6 Å². The summed E-state index contributed by atoms with van der Waals surface area (Å²) in [6, 6.07) is 11.3. The lowest BCUT2D eigenvalue weighted by Crippen LogP contribution is -2.34. The van der Waals surface area contributed by atoms with Crippen LogP contribution >= 0.6 is 11.6 Å². The first-order valence-electron chi connectivity index (χ1n) is 10.5. The zero-order valence-electron chi connectivity index (χ0n) is 17.3. The molecule has 0 atom stereocenters. The molecule has 0 radical (unpaired) electrons. The van der Waals surface area contributed by atoms with Crippen LogP contribution in [0, 0.1) is 11.5 Å². The van der Waals surface area contributed by atoms with Crippen LogP contribution in [0.1, 0.15) is 51.4 Å². The number of benzene rings is 1. The summed E-state index contributed by atoms with van der Waals surface area (Å²) < 4.78 is 5.71. The summed E-state index contributed by atoms with van der Waals surface area (Å²) in [7, 11) is 0. The third-order valence-corrected chi connectivity index (χ3v) is 4.83. The number of pyridine rings is 1. The Hall–Kier alpha value is -2.78. The zero-order chi connectivity index (χ0) is 21.3. The van der Waals surface area contributed by atoms with Gasteiger partial charge in [0.2, 0.25) is 5.96 Å². The molecule has 2 N–H and O–H groups in total. The maximum absolute atomic E-state index is 8.85. The molecular weight excluding hydrogens is 398 g/mol. The van der Waals surface area contributed by atoms with Gasteiger partial charge < -0.3 is 10.1 Å². The Kier molecular flexibility index (Phi) is 11.8. The van der Waals surface area contributed by atoms with Crippen LogP contribution in [0.5, 0.6) is 5.75 Å². The standard InChI is InChI=1S/C23H30ClN5O/c24-21-13-7-8-14-22(21)30-17-10-6-4-2-1-3-5-9-16-27-23(28-19-25)29-20-12-11-15-26-18-20/h7-8,11-15,18H,1-6,9-10,16-17H2,(H2,27,28,29). The lowest BCUT2D eigenvalue weighted by atomic mass is 10.1. The van der Waals surface area contributed by atoms with Gasteiger partial charge >= 0.3 is 0 Å². The Labute approximate surface area is 184 Å². The van der Waals surface area contributed by atoms with Crippen LogP contribution in [0.25, 0.3) is 0 Å². The third kappa shape index (κ3) is 10.1. The smallest absolute Gasteiger partial charge is 0.209 e. The van der Waals surface area contributed by atoms with E-state index in [9.17, 15) is 0 Å². The van der Waals surface area contributed by atoms with E-state index in [0.717, 1.165) is 38.2 Å². The molecule has 6 nitrogen and oxygen atoms in total. The van der Waals surface area contributed by atoms with Gasteiger partial charge in [-0.15, -0.1) is 0 Å². The molecule has 1 aromatic heterocycles. The Morgan fingerprint density at radius 2 is 1.73 bits per heavy atom. The number of rotatable bonds is 13. The number of hydrogen-bond acceptors (Lipinski definition) is 4. The summed E-state index contributed by atoms with van der Waals surface area (Å²) in [4.78, 5) is 8.37. The Balaban J connectivity index is 1.44. The fourth-order valence-electron chi connectivity index (χ4n) is 2.95. The van der Waals surface area contributed by atoms with Crippen molar-refractivity contribution in [3.63, 3.8) is 0 Å². The molecule has 0 aliphatic heterocycles. The Morgan fingerprint density at radius 3 is 2.43 bits per heavy atom. The van der Waals surface area contributed by atoms with Crippen molar-refractivity contribution in [1.29, 1.82) is 5.26 Å². The normalized spacial score (nSPS) is 11.0. The monoisotopic (exact) mass is 427 g/mol. The van der Waals surface area contributed by atoms with Crippen LogP contribution in [0.2, 0.25) is 5.02 Å². The first-order valence-corrected chi connectivity index (χ1v) is 10.9. The SMILES string of the molecule is N#CN/C(=N\c1cccnc1)NCCCCCCCCCCOc1ccccc1Cl. The maximum atomic E-state index is 8.85. The van der Waals surface area contributed by atoms with Gasteiger partial charge in [0.1, 0.15) is 5.75 Å². The second-order valence-electron chi connectivity index (χ2n) is 6.94. The molecule has 0 fully saturated rings. The molecule has 7 heteroatoms. The number of aliphatic imine (C=N–C) groups is 1. The van der Waals surface area contributed by atoms with Crippen LogP contribution in [0.15, 0.2) is 53.8 Å². The molecule has 0 unspecified atom stereocenters. The summed E-state index contributed by atoms with van der Waals surface area (Å²) in [6.45, 7) is 1.50. The van der Waals surface area contributed by atoms with Crippen molar-refractivity contribution >= 4 is 23.2 Å². The molecule has 160 valence electrons. The number of guanidine groups is 1. The fourth-order valence-corrected chi connectivity index (χ4v) is 3.14. The topological polar surface area (TPSA) is 82.3 Å². The van der Waals surface area contributed by atoms with Gasteiger partial charge in [-0.1, -0.05) is 62.3 Å². The Morgan fingerprint density at radius 1 is 1.00 bits per heavy atom. The van der Waals surface area contributed by atoms with Crippen LogP contribution in [0.4, 0.5) is 5.69 Å². The predicted molar refractivity (Wildman–Crippen MR) is 122 cm³/mol. The van der Waals surface area contributed by atoms with Crippen molar-refractivity contribution in [1.82, 2.24) is 15.6 Å².